The summed E-state index contributed by atoms with van der Waals surface area (Å²) in [7, 11) is 0. The predicted octanol–water partition coefficient (Wildman–Crippen LogP) is 1.40. The minimum absolute atomic E-state index is 0.163. The number of nitrogens with one attached hydrogen (secondary N) is 2. The summed E-state index contributed by atoms with van der Waals surface area (Å²) in [6, 6.07) is 8.04. The Hall–Kier alpha value is -2.14. The molecular formula is C16H18N4O. The minimum Gasteiger partial charge on any atom is -0.347 e. The molecule has 0 bridgehead atoms. The van der Waals surface area contributed by atoms with Gasteiger partial charge in [0.15, 0.2) is 0 Å². The topological polar surface area (TPSA) is 61.0 Å². The van der Waals surface area contributed by atoms with Gasteiger partial charge in [0.2, 0.25) is 5.91 Å². The number of aromatic amines is 1. The Labute approximate surface area is 123 Å². The molecule has 2 aliphatic heterocycles. The largest absolute Gasteiger partial charge is 0.347 e. The molecule has 4 rings (SSSR count). The zero-order valence-electron chi connectivity index (χ0n) is 11.8. The second-order valence-corrected chi connectivity index (χ2v) is 5.69. The Morgan fingerprint density at radius 3 is 3.19 bits per heavy atom. The van der Waals surface area contributed by atoms with E-state index in [1.54, 1.807) is 6.33 Å². The molecule has 1 unspecified atom stereocenters. The summed E-state index contributed by atoms with van der Waals surface area (Å²) in [6.07, 6.45) is 4.45. The van der Waals surface area contributed by atoms with E-state index in [-0.39, 0.29) is 11.9 Å². The molecule has 0 fully saturated rings. The average molecular weight is 282 g/mol. The van der Waals surface area contributed by atoms with Crippen molar-refractivity contribution in [3.05, 3.63) is 47.5 Å². The fourth-order valence-electron chi connectivity index (χ4n) is 3.29. The Kier molecular flexibility index (Phi) is 3.00. The van der Waals surface area contributed by atoms with Crippen molar-refractivity contribution in [1.82, 2.24) is 15.3 Å². The number of aryl methyl sites for hydroxylation is 1. The first kappa shape index (κ1) is 12.6. The van der Waals surface area contributed by atoms with Crippen molar-refractivity contribution in [3.63, 3.8) is 0 Å². The number of para-hydroxylation sites is 1. The van der Waals surface area contributed by atoms with Crippen LogP contribution in [0.2, 0.25) is 0 Å². The van der Waals surface area contributed by atoms with Gasteiger partial charge in [-0.15, -0.1) is 0 Å². The Bertz CT molecular complexity index is 678. The first-order chi connectivity index (χ1) is 10.3. The molecule has 0 saturated carbocycles. The van der Waals surface area contributed by atoms with E-state index in [2.05, 4.69) is 27.4 Å². The summed E-state index contributed by atoms with van der Waals surface area (Å²) >= 11 is 0. The van der Waals surface area contributed by atoms with Gasteiger partial charge in [-0.2, -0.15) is 0 Å². The van der Waals surface area contributed by atoms with Crippen LogP contribution in [0, 0.1) is 0 Å². The van der Waals surface area contributed by atoms with E-state index in [9.17, 15) is 4.79 Å². The van der Waals surface area contributed by atoms with Gasteiger partial charge in [0.05, 0.1) is 23.8 Å². The fraction of sp³-hybridized carbons (Fsp3) is 0.375. The molecule has 1 aromatic heterocycles. The second kappa shape index (κ2) is 5.00. The summed E-state index contributed by atoms with van der Waals surface area (Å²) in [4.78, 5) is 22.2. The predicted molar refractivity (Wildman–Crippen MR) is 80.0 cm³/mol. The molecule has 1 amide bonds. The number of imidazole rings is 1. The van der Waals surface area contributed by atoms with Gasteiger partial charge in [0.25, 0.3) is 0 Å². The van der Waals surface area contributed by atoms with Crippen LogP contribution in [0.5, 0.6) is 0 Å². The zero-order valence-corrected chi connectivity index (χ0v) is 11.8. The molecule has 3 heterocycles. The highest BCUT2D eigenvalue weighted by Crippen LogP contribution is 2.28. The smallest absolute Gasteiger partial charge is 0.244 e. The maximum Gasteiger partial charge on any atom is 0.244 e. The molecule has 5 heteroatoms. The first-order valence-corrected chi connectivity index (χ1v) is 7.47. The zero-order chi connectivity index (χ0) is 14.2. The lowest BCUT2D eigenvalue weighted by molar-refractivity contribution is -0.120. The number of amides is 1. The molecule has 2 aromatic rings. The molecule has 108 valence electrons. The van der Waals surface area contributed by atoms with E-state index in [1.807, 2.05) is 17.0 Å². The van der Waals surface area contributed by atoms with Crippen molar-refractivity contribution in [3.8, 4) is 0 Å². The van der Waals surface area contributed by atoms with Crippen molar-refractivity contribution in [2.24, 2.45) is 0 Å². The summed E-state index contributed by atoms with van der Waals surface area (Å²) in [6.45, 7) is 1.49. The molecule has 2 N–H and O–H groups in total. The Morgan fingerprint density at radius 1 is 1.33 bits per heavy atom. The minimum atomic E-state index is -0.174. The summed E-state index contributed by atoms with van der Waals surface area (Å²) in [5, 5.41) is 3.33. The van der Waals surface area contributed by atoms with Crippen LogP contribution < -0.4 is 10.2 Å². The number of fused-ring (bicyclic) bond motifs is 2. The molecular weight excluding hydrogens is 264 g/mol. The van der Waals surface area contributed by atoms with Crippen LogP contribution in [0.25, 0.3) is 0 Å². The van der Waals surface area contributed by atoms with Crippen molar-refractivity contribution >= 4 is 11.6 Å². The molecule has 2 aliphatic rings. The van der Waals surface area contributed by atoms with Crippen molar-refractivity contribution in [2.75, 3.05) is 11.4 Å². The van der Waals surface area contributed by atoms with Crippen molar-refractivity contribution in [2.45, 2.75) is 31.8 Å². The molecule has 0 spiro atoms. The van der Waals surface area contributed by atoms with E-state index in [1.165, 1.54) is 5.56 Å². The van der Waals surface area contributed by atoms with E-state index in [0.29, 0.717) is 13.0 Å². The standard InChI is InChI=1S/C16H18N4O/c21-16(13-8-12-14(9-17-13)19-10-18-12)20-7-3-5-11-4-1-2-6-15(11)20/h1-2,4,6,10,13,17H,3,5,7-9H2,(H,18,19). The number of H-pyrrole nitrogens is 1. The monoisotopic (exact) mass is 282 g/mol. The second-order valence-electron chi connectivity index (χ2n) is 5.69. The lowest BCUT2D eigenvalue weighted by atomic mass is 9.99. The third-order valence-electron chi connectivity index (χ3n) is 4.40. The normalized spacial score (nSPS) is 20.8. The van der Waals surface area contributed by atoms with Crippen molar-refractivity contribution in [1.29, 1.82) is 0 Å². The first-order valence-electron chi connectivity index (χ1n) is 7.47. The van der Waals surface area contributed by atoms with Crippen molar-refractivity contribution < 1.29 is 4.79 Å². The van der Waals surface area contributed by atoms with Gasteiger partial charge >= 0.3 is 0 Å². The SMILES string of the molecule is O=C(C1Cc2nc[nH]c2CN1)N1CCCc2ccccc21. The molecule has 5 nitrogen and oxygen atoms in total. The highest BCUT2D eigenvalue weighted by atomic mass is 16.2. The van der Waals surface area contributed by atoms with E-state index < -0.39 is 0 Å². The average Bonchev–Trinajstić information content (AvgIpc) is 3.01. The van der Waals surface area contributed by atoms with Crippen LogP contribution >= 0.6 is 0 Å². The molecule has 1 aromatic carbocycles. The number of benzene rings is 1. The van der Waals surface area contributed by atoms with Crippen LogP contribution in [-0.4, -0.2) is 28.5 Å². The van der Waals surface area contributed by atoms with Crippen LogP contribution in [0.1, 0.15) is 23.4 Å². The van der Waals surface area contributed by atoms with Gasteiger partial charge in [-0.05, 0) is 24.5 Å². The summed E-state index contributed by atoms with van der Waals surface area (Å²) in [5.41, 5.74) is 4.45. The maximum atomic E-state index is 12.9. The van der Waals surface area contributed by atoms with Gasteiger partial charge in [0, 0.05) is 25.2 Å². The molecule has 21 heavy (non-hydrogen) atoms. The lowest BCUT2D eigenvalue weighted by Gasteiger charge is -2.33. The third-order valence-corrected chi connectivity index (χ3v) is 4.40. The van der Waals surface area contributed by atoms with E-state index >= 15 is 0 Å². The highest BCUT2D eigenvalue weighted by Gasteiger charge is 2.31. The van der Waals surface area contributed by atoms with E-state index in [0.717, 1.165) is 36.5 Å². The summed E-state index contributed by atoms with van der Waals surface area (Å²) in [5.74, 6) is 0.163. The number of carbonyl (C=O) groups excluding carboxylic acids is 1. The number of hydrogen-bond acceptors (Lipinski definition) is 3. The molecule has 0 saturated heterocycles. The quantitative estimate of drug-likeness (QED) is 0.831. The van der Waals surface area contributed by atoms with Gasteiger partial charge in [-0.1, -0.05) is 18.2 Å². The number of carbonyl (C=O) groups is 1. The van der Waals surface area contributed by atoms with Crippen LogP contribution in [0.3, 0.4) is 0 Å². The Morgan fingerprint density at radius 2 is 2.24 bits per heavy atom. The van der Waals surface area contributed by atoms with Crippen LogP contribution in [-0.2, 0) is 24.2 Å². The van der Waals surface area contributed by atoms with Gasteiger partial charge < -0.3 is 9.88 Å². The molecule has 1 atom stereocenters. The fourth-order valence-corrected chi connectivity index (χ4v) is 3.29. The van der Waals surface area contributed by atoms with Gasteiger partial charge in [-0.3, -0.25) is 10.1 Å². The number of hydrogen-bond donors (Lipinski definition) is 2. The highest BCUT2D eigenvalue weighted by molar-refractivity contribution is 5.98. The van der Waals surface area contributed by atoms with E-state index in [4.69, 9.17) is 0 Å². The lowest BCUT2D eigenvalue weighted by Crippen LogP contribution is -2.51. The third kappa shape index (κ3) is 2.14. The molecule has 0 aliphatic carbocycles. The Balaban J connectivity index is 1.59. The summed E-state index contributed by atoms with van der Waals surface area (Å²) < 4.78 is 0. The van der Waals surface area contributed by atoms with Crippen LogP contribution in [0.4, 0.5) is 5.69 Å². The number of rotatable bonds is 1. The number of nitrogens with zero attached hydrogens (tertiary/aromatic N) is 2. The maximum absolute atomic E-state index is 12.9. The van der Waals surface area contributed by atoms with Gasteiger partial charge in [-0.25, -0.2) is 4.98 Å². The van der Waals surface area contributed by atoms with Crippen LogP contribution in [0.15, 0.2) is 30.6 Å². The number of aromatic nitrogens is 2. The van der Waals surface area contributed by atoms with Gasteiger partial charge in [0.1, 0.15) is 0 Å². The molecule has 0 radical (unpaired) electrons. The number of anilines is 1.